The first-order chi connectivity index (χ1) is 6.09. The van der Waals surface area contributed by atoms with E-state index in [2.05, 4.69) is 6.92 Å². The third kappa shape index (κ3) is 3.59. The van der Waals surface area contributed by atoms with Crippen LogP contribution >= 0.6 is 0 Å². The molecule has 0 radical (unpaired) electrons. The van der Waals surface area contributed by atoms with Gasteiger partial charge in [0.1, 0.15) is 0 Å². The quantitative estimate of drug-likeness (QED) is 0.663. The van der Waals surface area contributed by atoms with E-state index in [9.17, 15) is 8.78 Å². The van der Waals surface area contributed by atoms with Gasteiger partial charge in [0.25, 0.3) is 6.43 Å². The highest BCUT2D eigenvalue weighted by molar-refractivity contribution is 4.77. The Balaban J connectivity index is 2.32. The van der Waals surface area contributed by atoms with E-state index in [1.807, 2.05) is 11.9 Å². The van der Waals surface area contributed by atoms with Crippen molar-refractivity contribution in [1.29, 1.82) is 0 Å². The third-order valence-corrected chi connectivity index (χ3v) is 2.96. The van der Waals surface area contributed by atoms with Crippen molar-refractivity contribution in [2.45, 2.75) is 45.1 Å². The van der Waals surface area contributed by atoms with E-state index >= 15 is 0 Å². The minimum atomic E-state index is -2.19. The zero-order chi connectivity index (χ0) is 9.84. The second kappa shape index (κ2) is 4.89. The summed E-state index contributed by atoms with van der Waals surface area (Å²) in [5, 5.41) is 0. The van der Waals surface area contributed by atoms with Crippen molar-refractivity contribution < 1.29 is 8.78 Å². The van der Waals surface area contributed by atoms with Crippen LogP contribution in [-0.2, 0) is 0 Å². The fourth-order valence-electron chi connectivity index (χ4n) is 2.17. The van der Waals surface area contributed by atoms with Crippen LogP contribution in [0.4, 0.5) is 8.78 Å². The molecule has 0 aromatic rings. The van der Waals surface area contributed by atoms with Gasteiger partial charge >= 0.3 is 0 Å². The van der Waals surface area contributed by atoms with Gasteiger partial charge in [-0.25, -0.2) is 8.78 Å². The summed E-state index contributed by atoms with van der Waals surface area (Å²) in [5.41, 5.74) is 0. The highest BCUT2D eigenvalue weighted by Crippen LogP contribution is 2.26. The van der Waals surface area contributed by atoms with E-state index < -0.39 is 6.43 Å². The van der Waals surface area contributed by atoms with Crippen molar-refractivity contribution in [2.24, 2.45) is 5.92 Å². The van der Waals surface area contributed by atoms with Crippen LogP contribution in [-0.4, -0.2) is 31.0 Å². The molecule has 13 heavy (non-hydrogen) atoms. The van der Waals surface area contributed by atoms with Gasteiger partial charge in [0.15, 0.2) is 0 Å². The van der Waals surface area contributed by atoms with Crippen molar-refractivity contribution >= 4 is 0 Å². The van der Waals surface area contributed by atoms with Crippen molar-refractivity contribution in [3.8, 4) is 0 Å². The molecule has 78 valence electrons. The number of halogens is 2. The Morgan fingerprint density at radius 1 is 1.38 bits per heavy atom. The van der Waals surface area contributed by atoms with Crippen LogP contribution < -0.4 is 0 Å². The van der Waals surface area contributed by atoms with Gasteiger partial charge in [-0.05, 0) is 25.8 Å². The summed E-state index contributed by atoms with van der Waals surface area (Å²) >= 11 is 0. The fourth-order valence-corrected chi connectivity index (χ4v) is 2.17. The van der Waals surface area contributed by atoms with Gasteiger partial charge in [0.2, 0.25) is 0 Å². The lowest BCUT2D eigenvalue weighted by molar-refractivity contribution is 0.0642. The second-order valence-corrected chi connectivity index (χ2v) is 4.26. The molecule has 1 rings (SSSR count). The van der Waals surface area contributed by atoms with Gasteiger partial charge in [-0.2, -0.15) is 0 Å². The molecule has 2 atom stereocenters. The monoisotopic (exact) mass is 191 g/mol. The predicted molar refractivity (Wildman–Crippen MR) is 50.1 cm³/mol. The number of hydrogen-bond acceptors (Lipinski definition) is 1. The molecule has 3 heteroatoms. The molecular formula is C10H19F2N. The third-order valence-electron chi connectivity index (χ3n) is 2.96. The first kappa shape index (κ1) is 10.9. The van der Waals surface area contributed by atoms with Crippen molar-refractivity contribution in [3.63, 3.8) is 0 Å². The van der Waals surface area contributed by atoms with E-state index in [4.69, 9.17) is 0 Å². The zero-order valence-electron chi connectivity index (χ0n) is 8.47. The predicted octanol–water partition coefficient (Wildman–Crippen LogP) is 2.76. The summed E-state index contributed by atoms with van der Waals surface area (Å²) in [5.74, 6) is 0.707. The van der Waals surface area contributed by atoms with Crippen LogP contribution in [0.1, 0.15) is 32.6 Å². The topological polar surface area (TPSA) is 3.24 Å². The highest BCUT2D eigenvalue weighted by atomic mass is 19.3. The lowest BCUT2D eigenvalue weighted by atomic mass is 9.86. The van der Waals surface area contributed by atoms with Crippen molar-refractivity contribution in [2.75, 3.05) is 13.6 Å². The molecule has 0 saturated heterocycles. The smallest absolute Gasteiger partial charge is 0.251 e. The summed E-state index contributed by atoms with van der Waals surface area (Å²) in [7, 11) is 1.81. The van der Waals surface area contributed by atoms with E-state index in [0.717, 1.165) is 12.8 Å². The molecule has 1 fully saturated rings. The Kier molecular flexibility index (Phi) is 4.10. The summed E-state index contributed by atoms with van der Waals surface area (Å²) < 4.78 is 24.2. The maximum Gasteiger partial charge on any atom is 0.251 e. The van der Waals surface area contributed by atoms with Gasteiger partial charge in [-0.1, -0.05) is 19.8 Å². The van der Waals surface area contributed by atoms with E-state index in [1.54, 1.807) is 0 Å². The van der Waals surface area contributed by atoms with Crippen LogP contribution in [0, 0.1) is 5.92 Å². The average Bonchev–Trinajstić information content (AvgIpc) is 2.03. The normalized spacial score (nSPS) is 30.0. The molecule has 0 N–H and O–H groups in total. The lowest BCUT2D eigenvalue weighted by Gasteiger charge is -2.33. The molecule has 0 aromatic heterocycles. The summed E-state index contributed by atoms with van der Waals surface area (Å²) in [6.07, 6.45) is 2.44. The first-order valence-corrected chi connectivity index (χ1v) is 5.08. The van der Waals surface area contributed by atoms with Crippen molar-refractivity contribution in [3.05, 3.63) is 0 Å². The molecule has 1 nitrogen and oxygen atoms in total. The molecule has 0 bridgehead atoms. The van der Waals surface area contributed by atoms with Crippen LogP contribution in [0.3, 0.4) is 0 Å². The van der Waals surface area contributed by atoms with Gasteiger partial charge < -0.3 is 0 Å². The highest BCUT2D eigenvalue weighted by Gasteiger charge is 2.23. The molecule has 2 unspecified atom stereocenters. The first-order valence-electron chi connectivity index (χ1n) is 5.08. The molecule has 0 spiro atoms. The minimum Gasteiger partial charge on any atom is -0.298 e. The molecular weight excluding hydrogens is 172 g/mol. The fraction of sp³-hybridized carbons (Fsp3) is 1.00. The van der Waals surface area contributed by atoms with Gasteiger partial charge in [0, 0.05) is 6.04 Å². The maximum absolute atomic E-state index is 12.1. The van der Waals surface area contributed by atoms with Crippen LogP contribution in [0.25, 0.3) is 0 Å². The van der Waals surface area contributed by atoms with E-state index in [-0.39, 0.29) is 6.54 Å². The Morgan fingerprint density at radius 3 is 2.62 bits per heavy atom. The molecule has 0 heterocycles. The lowest BCUT2D eigenvalue weighted by Crippen LogP contribution is -2.38. The average molecular weight is 191 g/mol. The molecule has 1 aliphatic carbocycles. The maximum atomic E-state index is 12.1. The Morgan fingerprint density at radius 2 is 2.08 bits per heavy atom. The minimum absolute atomic E-state index is 0.0720. The molecule has 0 aromatic carbocycles. The number of nitrogens with zero attached hydrogens (tertiary/aromatic N) is 1. The second-order valence-electron chi connectivity index (χ2n) is 4.26. The van der Waals surface area contributed by atoms with Crippen LogP contribution in [0.5, 0.6) is 0 Å². The molecule has 1 aliphatic rings. The molecule has 0 amide bonds. The standard InChI is InChI=1S/C10H19F2N/c1-8-4-3-5-9(6-8)13(2)7-10(11)12/h8-10H,3-7H2,1-2H3. The SMILES string of the molecule is CC1CCCC(N(C)CC(F)F)C1. The summed E-state index contributed by atoms with van der Waals surface area (Å²) in [6.45, 7) is 2.14. The van der Waals surface area contributed by atoms with Gasteiger partial charge in [-0.15, -0.1) is 0 Å². The van der Waals surface area contributed by atoms with Crippen LogP contribution in [0.15, 0.2) is 0 Å². The summed E-state index contributed by atoms with van der Waals surface area (Å²) in [6, 6.07) is 0.387. The Bertz CT molecular complexity index is 150. The van der Waals surface area contributed by atoms with Gasteiger partial charge in [0.05, 0.1) is 6.54 Å². The molecule has 1 saturated carbocycles. The van der Waals surface area contributed by atoms with E-state index in [1.165, 1.54) is 12.8 Å². The van der Waals surface area contributed by atoms with Crippen molar-refractivity contribution in [1.82, 2.24) is 4.90 Å². The number of hydrogen-bond donors (Lipinski definition) is 0. The largest absolute Gasteiger partial charge is 0.298 e. The number of rotatable bonds is 3. The van der Waals surface area contributed by atoms with Crippen LogP contribution in [0.2, 0.25) is 0 Å². The summed E-state index contributed by atoms with van der Waals surface area (Å²) in [4.78, 5) is 1.82. The van der Waals surface area contributed by atoms with E-state index in [0.29, 0.717) is 12.0 Å². The Hall–Kier alpha value is -0.180. The van der Waals surface area contributed by atoms with Gasteiger partial charge in [-0.3, -0.25) is 4.90 Å². The number of alkyl halides is 2. The zero-order valence-corrected chi connectivity index (χ0v) is 8.47. The Labute approximate surface area is 79.1 Å². The molecule has 0 aliphatic heterocycles.